The first-order chi connectivity index (χ1) is 8.84. The van der Waals surface area contributed by atoms with E-state index < -0.39 is 0 Å². The quantitative estimate of drug-likeness (QED) is 0.805. The van der Waals surface area contributed by atoms with Crippen molar-refractivity contribution in [3.05, 3.63) is 47.7 Å². The number of benzene rings is 1. The van der Waals surface area contributed by atoms with Gasteiger partial charge in [-0.05, 0) is 17.7 Å². The zero-order valence-electron chi connectivity index (χ0n) is 9.75. The van der Waals surface area contributed by atoms with E-state index in [2.05, 4.69) is 10.2 Å². The summed E-state index contributed by atoms with van der Waals surface area (Å²) in [6.45, 7) is 0. The molecule has 0 aliphatic carbocycles. The van der Waals surface area contributed by atoms with Gasteiger partial charge in [0.15, 0.2) is 0 Å². The molecule has 1 saturated heterocycles. The number of thioether (sulfide) groups is 1. The van der Waals surface area contributed by atoms with Crippen LogP contribution in [0.4, 0.5) is 0 Å². The molecule has 0 saturated carbocycles. The minimum absolute atomic E-state index is 0.360. The summed E-state index contributed by atoms with van der Waals surface area (Å²) in [5, 5.41) is 7.85. The molecular formula is C13H13ClN2OS. The number of alkyl halides is 1. The largest absolute Gasteiger partial charge is 0.423 e. The van der Waals surface area contributed by atoms with Gasteiger partial charge in [-0.3, -0.25) is 0 Å². The van der Waals surface area contributed by atoms with Crippen molar-refractivity contribution < 1.29 is 4.42 Å². The summed E-state index contributed by atoms with van der Waals surface area (Å²) in [6.07, 6.45) is 1.12. The number of aromatic nitrogens is 2. The fourth-order valence-electron chi connectivity index (χ4n) is 2.01. The third kappa shape index (κ3) is 2.40. The van der Waals surface area contributed by atoms with E-state index in [0.29, 0.717) is 11.8 Å². The number of hydrogen-bond acceptors (Lipinski definition) is 4. The standard InChI is InChI=1S/C13H13ClN2OS/c14-11(9-4-2-1-3-5-9)13-16-15-12(17-13)10-6-7-18-8-10/h1-5,10-11H,6-8H2. The molecular weight excluding hydrogens is 268 g/mol. The maximum absolute atomic E-state index is 6.35. The lowest BCUT2D eigenvalue weighted by molar-refractivity contribution is 0.429. The lowest BCUT2D eigenvalue weighted by Gasteiger charge is -2.04. The van der Waals surface area contributed by atoms with Gasteiger partial charge in [-0.1, -0.05) is 30.3 Å². The number of rotatable bonds is 3. The Balaban J connectivity index is 1.80. The van der Waals surface area contributed by atoms with Crippen molar-refractivity contribution in [3.8, 4) is 0 Å². The van der Waals surface area contributed by atoms with Crippen molar-refractivity contribution >= 4 is 23.4 Å². The summed E-state index contributed by atoms with van der Waals surface area (Å²) in [5.41, 5.74) is 0.982. The highest BCUT2D eigenvalue weighted by Gasteiger charge is 2.25. The van der Waals surface area contributed by atoms with Crippen LogP contribution in [0, 0.1) is 0 Å². The van der Waals surface area contributed by atoms with E-state index in [9.17, 15) is 0 Å². The lowest BCUT2D eigenvalue weighted by atomic mass is 10.1. The molecule has 1 aliphatic heterocycles. The Kier molecular flexibility index (Phi) is 3.57. The number of hydrogen-bond donors (Lipinski definition) is 0. The zero-order valence-corrected chi connectivity index (χ0v) is 11.3. The third-order valence-corrected chi connectivity index (χ3v) is 4.65. The van der Waals surface area contributed by atoms with Crippen molar-refractivity contribution in [1.82, 2.24) is 10.2 Å². The Morgan fingerprint density at radius 2 is 2.11 bits per heavy atom. The third-order valence-electron chi connectivity index (χ3n) is 3.04. The summed E-state index contributed by atoms with van der Waals surface area (Å²) in [4.78, 5) is 0. The van der Waals surface area contributed by atoms with Gasteiger partial charge in [0.2, 0.25) is 11.8 Å². The molecule has 2 atom stereocenters. The van der Waals surface area contributed by atoms with Crippen LogP contribution in [0.1, 0.15) is 35.1 Å². The Morgan fingerprint density at radius 3 is 2.83 bits per heavy atom. The highest BCUT2D eigenvalue weighted by molar-refractivity contribution is 7.99. The van der Waals surface area contributed by atoms with Crippen LogP contribution in [0.3, 0.4) is 0 Å². The molecule has 18 heavy (non-hydrogen) atoms. The smallest absolute Gasteiger partial charge is 0.238 e. The normalized spacial score (nSPS) is 21.1. The van der Waals surface area contributed by atoms with Crippen molar-refractivity contribution in [2.24, 2.45) is 0 Å². The van der Waals surface area contributed by atoms with Gasteiger partial charge in [0.25, 0.3) is 0 Å². The Morgan fingerprint density at radius 1 is 1.28 bits per heavy atom. The number of halogens is 1. The molecule has 1 aromatic carbocycles. The molecule has 0 amide bonds. The summed E-state index contributed by atoms with van der Waals surface area (Å²) in [7, 11) is 0. The van der Waals surface area contributed by atoms with E-state index in [4.69, 9.17) is 16.0 Å². The Hall–Kier alpha value is -1.00. The molecule has 1 fully saturated rings. The van der Waals surface area contributed by atoms with Gasteiger partial charge >= 0.3 is 0 Å². The summed E-state index contributed by atoms with van der Waals surface area (Å²) in [6, 6.07) is 9.80. The van der Waals surface area contributed by atoms with E-state index in [1.165, 1.54) is 5.75 Å². The molecule has 1 aromatic heterocycles. The molecule has 5 heteroatoms. The summed E-state index contributed by atoms with van der Waals surface area (Å²) < 4.78 is 5.72. The fraction of sp³-hybridized carbons (Fsp3) is 0.385. The van der Waals surface area contributed by atoms with E-state index >= 15 is 0 Å². The minimum atomic E-state index is -0.360. The van der Waals surface area contributed by atoms with Gasteiger partial charge in [-0.15, -0.1) is 21.8 Å². The molecule has 3 nitrogen and oxygen atoms in total. The van der Waals surface area contributed by atoms with Crippen LogP contribution < -0.4 is 0 Å². The SMILES string of the molecule is ClC(c1ccccc1)c1nnc(C2CCSC2)o1. The second-order valence-corrected chi connectivity index (χ2v) is 5.90. The molecule has 0 spiro atoms. The first-order valence-corrected chi connectivity index (χ1v) is 7.54. The second kappa shape index (κ2) is 5.33. The highest BCUT2D eigenvalue weighted by atomic mass is 35.5. The van der Waals surface area contributed by atoms with Crippen molar-refractivity contribution in [1.29, 1.82) is 0 Å². The molecule has 1 aliphatic rings. The van der Waals surface area contributed by atoms with Gasteiger partial charge in [0, 0.05) is 11.7 Å². The van der Waals surface area contributed by atoms with Gasteiger partial charge < -0.3 is 4.42 Å². The Labute approximate surface area is 115 Å². The van der Waals surface area contributed by atoms with Crippen LogP contribution >= 0.6 is 23.4 Å². The summed E-state index contributed by atoms with van der Waals surface area (Å²) in [5.74, 6) is 3.87. The average Bonchev–Trinajstić information content (AvgIpc) is 3.09. The number of nitrogens with zero attached hydrogens (tertiary/aromatic N) is 2. The van der Waals surface area contributed by atoms with Crippen LogP contribution in [0.2, 0.25) is 0 Å². The van der Waals surface area contributed by atoms with Crippen molar-refractivity contribution in [2.45, 2.75) is 17.7 Å². The molecule has 0 N–H and O–H groups in total. The van der Waals surface area contributed by atoms with E-state index in [0.717, 1.165) is 23.6 Å². The van der Waals surface area contributed by atoms with Gasteiger partial charge in [0.05, 0.1) is 0 Å². The average molecular weight is 281 g/mol. The molecule has 2 heterocycles. The fourth-order valence-corrected chi connectivity index (χ4v) is 3.45. The van der Waals surface area contributed by atoms with Crippen LogP contribution in [-0.2, 0) is 0 Å². The van der Waals surface area contributed by atoms with Crippen LogP contribution in [0.5, 0.6) is 0 Å². The highest BCUT2D eigenvalue weighted by Crippen LogP contribution is 2.34. The first-order valence-electron chi connectivity index (χ1n) is 5.94. The molecule has 0 bridgehead atoms. The lowest BCUT2D eigenvalue weighted by Crippen LogP contribution is -1.96. The minimum Gasteiger partial charge on any atom is -0.423 e. The maximum Gasteiger partial charge on any atom is 0.238 e. The van der Waals surface area contributed by atoms with E-state index in [1.807, 2.05) is 42.1 Å². The maximum atomic E-state index is 6.35. The van der Waals surface area contributed by atoms with Gasteiger partial charge in [-0.25, -0.2) is 0 Å². The van der Waals surface area contributed by atoms with E-state index in [-0.39, 0.29) is 5.38 Å². The predicted octanol–water partition coefficient (Wildman–Crippen LogP) is 3.62. The predicted molar refractivity (Wildman–Crippen MR) is 73.1 cm³/mol. The molecule has 2 unspecified atom stereocenters. The monoisotopic (exact) mass is 280 g/mol. The van der Waals surface area contributed by atoms with Crippen molar-refractivity contribution in [2.75, 3.05) is 11.5 Å². The van der Waals surface area contributed by atoms with Gasteiger partial charge in [0.1, 0.15) is 5.38 Å². The van der Waals surface area contributed by atoms with Crippen LogP contribution in [0.15, 0.2) is 34.7 Å². The van der Waals surface area contributed by atoms with Crippen molar-refractivity contribution in [3.63, 3.8) is 0 Å². The van der Waals surface area contributed by atoms with Gasteiger partial charge in [-0.2, -0.15) is 11.8 Å². The van der Waals surface area contributed by atoms with Crippen LogP contribution in [0.25, 0.3) is 0 Å². The van der Waals surface area contributed by atoms with Crippen LogP contribution in [-0.4, -0.2) is 21.7 Å². The first kappa shape index (κ1) is 12.1. The molecule has 2 aromatic rings. The Bertz CT molecular complexity index is 511. The molecule has 94 valence electrons. The molecule has 0 radical (unpaired) electrons. The zero-order chi connectivity index (χ0) is 12.4. The second-order valence-electron chi connectivity index (χ2n) is 4.31. The summed E-state index contributed by atoms with van der Waals surface area (Å²) >= 11 is 8.28. The van der Waals surface area contributed by atoms with E-state index in [1.54, 1.807) is 0 Å². The topological polar surface area (TPSA) is 38.9 Å². The molecule has 3 rings (SSSR count).